The predicted octanol–water partition coefficient (Wildman–Crippen LogP) is 0.392. The normalized spacial score (nSPS) is 10.2. The van der Waals surface area contributed by atoms with E-state index in [1.54, 1.807) is 6.92 Å². The third kappa shape index (κ3) is 1.87. The molecule has 0 aliphatic rings. The highest BCUT2D eigenvalue weighted by Crippen LogP contribution is 2.22. The van der Waals surface area contributed by atoms with Crippen LogP contribution in [0.3, 0.4) is 0 Å². The molecule has 0 aromatic carbocycles. The molecule has 10 heteroatoms. The monoisotopic (exact) mass is 276 g/mol. The molecule has 0 saturated carbocycles. The van der Waals surface area contributed by atoms with Crippen LogP contribution >= 0.6 is 0 Å². The molecule has 0 bridgehead atoms. The fourth-order valence-electron chi connectivity index (χ4n) is 1.80. The molecule has 2 heterocycles. The van der Waals surface area contributed by atoms with E-state index in [2.05, 4.69) is 10.2 Å². The largest absolute Gasteiger partial charge is 0.476 e. The van der Waals surface area contributed by atoms with Crippen molar-refractivity contribution in [2.45, 2.75) is 6.92 Å². The first kappa shape index (κ1) is 13.2. The number of nitro groups is 1. The zero-order chi connectivity index (χ0) is 15.0. The van der Waals surface area contributed by atoms with Gasteiger partial charge in [-0.2, -0.15) is 15.5 Å². The number of rotatable bonds is 3. The number of hydrogen-bond donors (Lipinski definition) is 1. The maximum Gasteiger partial charge on any atom is 0.363 e. The van der Waals surface area contributed by atoms with Gasteiger partial charge in [0.1, 0.15) is 17.8 Å². The molecule has 2 aromatic heterocycles. The first-order valence-corrected chi connectivity index (χ1v) is 5.28. The van der Waals surface area contributed by atoms with Crippen molar-refractivity contribution in [1.82, 2.24) is 19.6 Å². The first-order chi connectivity index (χ1) is 9.36. The second-order valence-corrected chi connectivity index (χ2v) is 3.89. The summed E-state index contributed by atoms with van der Waals surface area (Å²) < 4.78 is 2.27. The molecular weight excluding hydrogens is 268 g/mol. The van der Waals surface area contributed by atoms with Gasteiger partial charge in [0.25, 0.3) is 0 Å². The summed E-state index contributed by atoms with van der Waals surface area (Å²) in [6.45, 7) is 1.60. The molecule has 0 aliphatic carbocycles. The number of aromatic carboxylic acids is 1. The van der Waals surface area contributed by atoms with Crippen molar-refractivity contribution in [3.05, 3.63) is 33.3 Å². The summed E-state index contributed by atoms with van der Waals surface area (Å²) in [5.41, 5.74) is -0.764. The Morgan fingerprint density at radius 2 is 2.20 bits per heavy atom. The lowest BCUT2D eigenvalue weighted by molar-refractivity contribution is -0.385. The number of nitrogens with zero attached hydrogens (tertiary/aromatic N) is 6. The van der Waals surface area contributed by atoms with Crippen molar-refractivity contribution in [2.75, 3.05) is 0 Å². The van der Waals surface area contributed by atoms with E-state index in [0.717, 1.165) is 10.9 Å². The lowest BCUT2D eigenvalue weighted by Gasteiger charge is -2.00. The van der Waals surface area contributed by atoms with E-state index in [4.69, 9.17) is 10.4 Å². The van der Waals surface area contributed by atoms with Crippen LogP contribution in [-0.4, -0.2) is 35.6 Å². The standard InChI is InChI=1S/C10H8N6O4/c1-5-6(3-11)9(14(2)12-5)15-4-7(16(19)20)8(13-15)10(17)18/h4H,1-2H3,(H,17,18). The molecule has 0 amide bonds. The molecule has 0 unspecified atom stereocenters. The number of nitriles is 1. The molecular formula is C10H8N6O4. The van der Waals surface area contributed by atoms with Gasteiger partial charge >= 0.3 is 11.7 Å². The van der Waals surface area contributed by atoms with Crippen LogP contribution in [-0.2, 0) is 7.05 Å². The lowest BCUT2D eigenvalue weighted by Crippen LogP contribution is -2.07. The Kier molecular flexibility index (Phi) is 2.95. The van der Waals surface area contributed by atoms with Gasteiger partial charge in [-0.05, 0) is 6.92 Å². The Balaban J connectivity index is 2.72. The van der Waals surface area contributed by atoms with Gasteiger partial charge in [-0.15, -0.1) is 0 Å². The van der Waals surface area contributed by atoms with E-state index in [0.29, 0.717) is 5.69 Å². The highest BCUT2D eigenvalue weighted by Gasteiger charge is 2.27. The molecule has 0 saturated heterocycles. The number of carbonyl (C=O) groups is 1. The maximum absolute atomic E-state index is 10.9. The van der Waals surface area contributed by atoms with Crippen molar-refractivity contribution < 1.29 is 14.8 Å². The second kappa shape index (κ2) is 4.47. The number of hydrogen-bond acceptors (Lipinski definition) is 6. The molecule has 2 rings (SSSR count). The van der Waals surface area contributed by atoms with Crippen LogP contribution in [0.2, 0.25) is 0 Å². The van der Waals surface area contributed by atoms with Crippen LogP contribution in [0.25, 0.3) is 5.82 Å². The minimum atomic E-state index is -1.52. The smallest absolute Gasteiger partial charge is 0.363 e. The van der Waals surface area contributed by atoms with Crippen LogP contribution in [0.1, 0.15) is 21.7 Å². The minimum absolute atomic E-state index is 0.167. The van der Waals surface area contributed by atoms with Crippen LogP contribution in [0.15, 0.2) is 6.20 Å². The van der Waals surface area contributed by atoms with Crippen molar-refractivity contribution in [3.8, 4) is 11.9 Å². The van der Waals surface area contributed by atoms with Crippen molar-refractivity contribution >= 4 is 11.7 Å². The Labute approximate surface area is 111 Å². The van der Waals surface area contributed by atoms with E-state index >= 15 is 0 Å². The van der Waals surface area contributed by atoms with Gasteiger partial charge in [-0.25, -0.2) is 14.2 Å². The van der Waals surface area contributed by atoms with Gasteiger partial charge < -0.3 is 5.11 Å². The van der Waals surface area contributed by atoms with Gasteiger partial charge in [0, 0.05) is 7.05 Å². The molecule has 2 aromatic rings. The molecule has 0 atom stereocenters. The molecule has 1 N–H and O–H groups in total. The average Bonchev–Trinajstić information content (AvgIpc) is 2.89. The first-order valence-electron chi connectivity index (χ1n) is 5.28. The summed E-state index contributed by atoms with van der Waals surface area (Å²) in [5.74, 6) is -1.35. The minimum Gasteiger partial charge on any atom is -0.476 e. The van der Waals surface area contributed by atoms with E-state index in [9.17, 15) is 14.9 Å². The fraction of sp³-hybridized carbons (Fsp3) is 0.200. The molecule has 0 radical (unpaired) electrons. The SMILES string of the molecule is Cc1nn(C)c(-n2cc([N+](=O)[O-])c(C(=O)O)n2)c1C#N. The van der Waals surface area contributed by atoms with Gasteiger partial charge in [0.15, 0.2) is 5.82 Å². The van der Waals surface area contributed by atoms with Gasteiger partial charge in [0.05, 0.1) is 10.6 Å². The quantitative estimate of drug-likeness (QED) is 0.631. The molecule has 20 heavy (non-hydrogen) atoms. The van der Waals surface area contributed by atoms with Gasteiger partial charge in [0.2, 0.25) is 5.69 Å². The zero-order valence-corrected chi connectivity index (χ0v) is 10.4. The summed E-state index contributed by atoms with van der Waals surface area (Å²) >= 11 is 0. The van der Waals surface area contributed by atoms with Crippen molar-refractivity contribution in [3.63, 3.8) is 0 Å². The summed E-state index contributed by atoms with van der Waals surface area (Å²) in [7, 11) is 1.52. The highest BCUT2D eigenvalue weighted by atomic mass is 16.6. The van der Waals surface area contributed by atoms with Crippen LogP contribution in [0.5, 0.6) is 0 Å². The third-order valence-electron chi connectivity index (χ3n) is 2.61. The van der Waals surface area contributed by atoms with Gasteiger partial charge in [-0.3, -0.25) is 10.1 Å². The van der Waals surface area contributed by atoms with E-state index in [-0.39, 0.29) is 11.4 Å². The predicted molar refractivity (Wildman–Crippen MR) is 63.4 cm³/mol. The lowest BCUT2D eigenvalue weighted by atomic mass is 10.3. The molecule has 0 aliphatic heterocycles. The Hall–Kier alpha value is -3.22. The van der Waals surface area contributed by atoms with E-state index in [1.807, 2.05) is 6.07 Å². The molecule has 10 nitrogen and oxygen atoms in total. The average molecular weight is 276 g/mol. The Morgan fingerprint density at radius 3 is 2.65 bits per heavy atom. The Morgan fingerprint density at radius 1 is 1.55 bits per heavy atom. The summed E-state index contributed by atoms with van der Waals surface area (Å²) in [6, 6.07) is 1.91. The number of aryl methyl sites for hydroxylation is 2. The molecule has 0 fully saturated rings. The van der Waals surface area contributed by atoms with E-state index in [1.165, 1.54) is 11.7 Å². The van der Waals surface area contributed by atoms with E-state index < -0.39 is 22.3 Å². The zero-order valence-electron chi connectivity index (χ0n) is 10.4. The summed E-state index contributed by atoms with van der Waals surface area (Å²) in [4.78, 5) is 20.9. The third-order valence-corrected chi connectivity index (χ3v) is 2.61. The Bertz CT molecular complexity index is 734. The van der Waals surface area contributed by atoms with Crippen LogP contribution in [0.4, 0.5) is 5.69 Å². The number of carboxylic acids is 1. The number of aromatic nitrogens is 4. The summed E-state index contributed by atoms with van der Waals surface area (Å²) in [6.07, 6.45) is 0.945. The van der Waals surface area contributed by atoms with Crippen molar-refractivity contribution in [1.29, 1.82) is 5.26 Å². The maximum atomic E-state index is 10.9. The summed E-state index contributed by atoms with van der Waals surface area (Å²) in [5, 5.41) is 36.4. The number of carboxylic acid groups (broad SMARTS) is 1. The van der Waals surface area contributed by atoms with Crippen molar-refractivity contribution in [2.24, 2.45) is 7.05 Å². The topological polar surface area (TPSA) is 140 Å². The highest BCUT2D eigenvalue weighted by molar-refractivity contribution is 5.90. The molecule has 102 valence electrons. The van der Waals surface area contributed by atoms with Crippen LogP contribution in [0, 0.1) is 28.4 Å². The van der Waals surface area contributed by atoms with Crippen LogP contribution < -0.4 is 0 Å². The van der Waals surface area contributed by atoms with Gasteiger partial charge in [-0.1, -0.05) is 0 Å². The second-order valence-electron chi connectivity index (χ2n) is 3.89. The molecule has 0 spiro atoms. The fourth-order valence-corrected chi connectivity index (χ4v) is 1.80.